The molecular formula is C19H13Cl2FN4O3. The first-order valence-corrected chi connectivity index (χ1v) is 8.94. The molecule has 0 spiro atoms. The molecule has 1 heterocycles. The fraction of sp³-hybridized carbons (Fsp3) is 0.0526. The van der Waals surface area contributed by atoms with E-state index in [1.807, 2.05) is 0 Å². The molecule has 0 radical (unpaired) electrons. The molecule has 0 saturated heterocycles. The number of nitrogens with zero attached hydrogens (tertiary/aromatic N) is 3. The average Bonchev–Trinajstić information content (AvgIpc) is 2.69. The number of ether oxygens (including phenoxy) is 1. The largest absolute Gasteiger partial charge is 0.486 e. The summed E-state index contributed by atoms with van der Waals surface area (Å²) >= 11 is 12.5. The topological polar surface area (TPSA) is 89.7 Å². The van der Waals surface area contributed by atoms with Crippen molar-refractivity contribution in [3.8, 4) is 5.75 Å². The Morgan fingerprint density at radius 3 is 2.45 bits per heavy atom. The van der Waals surface area contributed by atoms with Crippen molar-refractivity contribution in [2.24, 2.45) is 5.10 Å². The number of pyridine rings is 1. The molecule has 0 fully saturated rings. The van der Waals surface area contributed by atoms with Crippen LogP contribution in [0.5, 0.6) is 5.75 Å². The molecule has 3 rings (SSSR count). The van der Waals surface area contributed by atoms with Gasteiger partial charge in [0.15, 0.2) is 5.75 Å². The van der Waals surface area contributed by atoms with Gasteiger partial charge in [-0.05, 0) is 41.5 Å². The van der Waals surface area contributed by atoms with E-state index in [2.05, 4.69) is 15.5 Å². The molecule has 0 aliphatic carbocycles. The first-order chi connectivity index (χ1) is 13.9. The van der Waals surface area contributed by atoms with Crippen molar-refractivity contribution in [3.05, 3.63) is 91.8 Å². The van der Waals surface area contributed by atoms with E-state index in [0.717, 1.165) is 11.8 Å². The number of anilines is 1. The van der Waals surface area contributed by atoms with Crippen LogP contribution in [0.2, 0.25) is 10.0 Å². The Kier molecular flexibility index (Phi) is 6.58. The molecular weight excluding hydrogens is 422 g/mol. The van der Waals surface area contributed by atoms with Gasteiger partial charge >= 0.3 is 0 Å². The number of hydrogen-bond acceptors (Lipinski definition) is 6. The summed E-state index contributed by atoms with van der Waals surface area (Å²) in [6.45, 7) is 0.181. The Bertz CT molecular complexity index is 1020. The van der Waals surface area contributed by atoms with Crippen molar-refractivity contribution in [2.45, 2.75) is 6.61 Å². The molecule has 0 amide bonds. The lowest BCUT2D eigenvalue weighted by Gasteiger charge is -2.11. The van der Waals surface area contributed by atoms with E-state index in [1.165, 1.54) is 30.5 Å². The summed E-state index contributed by atoms with van der Waals surface area (Å²) in [5, 5.41) is 15.2. The zero-order chi connectivity index (χ0) is 20.8. The molecule has 29 heavy (non-hydrogen) atoms. The zero-order valence-corrected chi connectivity index (χ0v) is 16.2. The second-order valence-corrected chi connectivity index (χ2v) is 6.57. The van der Waals surface area contributed by atoms with Gasteiger partial charge in [0.2, 0.25) is 0 Å². The predicted octanol–water partition coefficient (Wildman–Crippen LogP) is 5.46. The minimum absolute atomic E-state index is 0.116. The number of halogens is 3. The lowest BCUT2D eigenvalue weighted by atomic mass is 10.2. The van der Waals surface area contributed by atoms with E-state index in [1.54, 1.807) is 24.3 Å². The summed E-state index contributed by atoms with van der Waals surface area (Å²) < 4.78 is 18.6. The number of rotatable bonds is 7. The third-order valence-electron chi connectivity index (χ3n) is 3.67. The summed E-state index contributed by atoms with van der Waals surface area (Å²) in [5.74, 6) is 0.314. The van der Waals surface area contributed by atoms with Crippen LogP contribution in [0, 0.1) is 15.9 Å². The Hall–Kier alpha value is -3.23. The van der Waals surface area contributed by atoms with Crippen LogP contribution in [0.1, 0.15) is 11.1 Å². The quantitative estimate of drug-likeness (QED) is 0.302. The first-order valence-electron chi connectivity index (χ1n) is 8.18. The third kappa shape index (κ3) is 5.63. The molecule has 148 valence electrons. The second-order valence-electron chi connectivity index (χ2n) is 5.76. The lowest BCUT2D eigenvalue weighted by molar-refractivity contribution is -0.385. The number of hydrazone groups is 1. The summed E-state index contributed by atoms with van der Waals surface area (Å²) in [6.07, 6.45) is 2.59. The maximum Gasteiger partial charge on any atom is 0.287 e. The molecule has 0 atom stereocenters. The van der Waals surface area contributed by atoms with Crippen LogP contribution in [0.15, 0.2) is 59.8 Å². The average molecular weight is 435 g/mol. The Labute approximate surface area is 174 Å². The molecule has 0 bridgehead atoms. The van der Waals surface area contributed by atoms with Crippen LogP contribution in [-0.2, 0) is 6.61 Å². The molecule has 10 heteroatoms. The van der Waals surface area contributed by atoms with Crippen molar-refractivity contribution in [2.75, 3.05) is 5.43 Å². The van der Waals surface area contributed by atoms with Gasteiger partial charge in [0.1, 0.15) is 24.4 Å². The van der Waals surface area contributed by atoms with E-state index >= 15 is 0 Å². The van der Waals surface area contributed by atoms with Gasteiger partial charge in [-0.15, -0.1) is 0 Å². The highest BCUT2D eigenvalue weighted by Gasteiger charge is 2.10. The van der Waals surface area contributed by atoms with Gasteiger partial charge in [-0.1, -0.05) is 35.3 Å². The lowest BCUT2D eigenvalue weighted by Crippen LogP contribution is -1.98. The Balaban J connectivity index is 1.64. The summed E-state index contributed by atoms with van der Waals surface area (Å²) in [7, 11) is 0. The highest BCUT2D eigenvalue weighted by Crippen LogP contribution is 2.34. The van der Waals surface area contributed by atoms with E-state index in [0.29, 0.717) is 17.1 Å². The fourth-order valence-corrected chi connectivity index (χ4v) is 2.87. The number of benzene rings is 2. The normalized spacial score (nSPS) is 10.9. The van der Waals surface area contributed by atoms with Crippen LogP contribution in [0.3, 0.4) is 0 Å². The van der Waals surface area contributed by atoms with Gasteiger partial charge < -0.3 is 4.74 Å². The Morgan fingerprint density at radius 2 is 1.86 bits per heavy atom. The van der Waals surface area contributed by atoms with E-state index < -0.39 is 4.92 Å². The number of hydrogen-bond donors (Lipinski definition) is 1. The zero-order valence-electron chi connectivity index (χ0n) is 14.7. The van der Waals surface area contributed by atoms with Crippen LogP contribution in [0.4, 0.5) is 15.9 Å². The molecule has 7 nitrogen and oxygen atoms in total. The highest BCUT2D eigenvalue weighted by molar-refractivity contribution is 6.37. The highest BCUT2D eigenvalue weighted by atomic mass is 35.5. The molecule has 0 saturated carbocycles. The van der Waals surface area contributed by atoms with Gasteiger partial charge in [0, 0.05) is 6.07 Å². The second kappa shape index (κ2) is 9.31. The van der Waals surface area contributed by atoms with Crippen molar-refractivity contribution < 1.29 is 14.1 Å². The maximum absolute atomic E-state index is 13.0. The van der Waals surface area contributed by atoms with Gasteiger partial charge in [-0.25, -0.2) is 9.37 Å². The SMILES string of the molecule is O=[N+]([O-])c1ccc(N/N=C\c2cc(Cl)c(OCc3ccc(F)cc3)c(Cl)c2)nc1. The van der Waals surface area contributed by atoms with Gasteiger partial charge in [0.05, 0.1) is 21.2 Å². The minimum atomic E-state index is -0.538. The predicted molar refractivity (Wildman–Crippen MR) is 109 cm³/mol. The number of nitro groups is 1. The first kappa shape index (κ1) is 20.5. The van der Waals surface area contributed by atoms with Crippen molar-refractivity contribution >= 4 is 40.9 Å². The van der Waals surface area contributed by atoms with Crippen LogP contribution in [-0.4, -0.2) is 16.1 Å². The minimum Gasteiger partial charge on any atom is -0.486 e. The van der Waals surface area contributed by atoms with E-state index in [-0.39, 0.29) is 28.2 Å². The molecule has 1 aromatic heterocycles. The fourth-order valence-electron chi connectivity index (χ4n) is 2.26. The van der Waals surface area contributed by atoms with Crippen LogP contribution < -0.4 is 10.2 Å². The molecule has 2 aromatic carbocycles. The molecule has 0 aliphatic heterocycles. The summed E-state index contributed by atoms with van der Waals surface area (Å²) in [6, 6.07) is 11.9. The van der Waals surface area contributed by atoms with E-state index in [9.17, 15) is 14.5 Å². The van der Waals surface area contributed by atoms with Crippen LogP contribution >= 0.6 is 23.2 Å². The smallest absolute Gasteiger partial charge is 0.287 e. The van der Waals surface area contributed by atoms with Crippen molar-refractivity contribution in [1.82, 2.24) is 4.98 Å². The van der Waals surface area contributed by atoms with Gasteiger partial charge in [0.25, 0.3) is 5.69 Å². The standard InChI is InChI=1S/C19H13Cl2FN4O3/c20-16-7-13(9-24-25-18-6-5-15(10-23-18)26(27)28)8-17(21)19(16)29-11-12-1-3-14(22)4-2-12/h1-10H,11H2,(H,23,25)/b24-9-. The third-order valence-corrected chi connectivity index (χ3v) is 4.23. The van der Waals surface area contributed by atoms with Crippen molar-refractivity contribution in [1.29, 1.82) is 0 Å². The monoisotopic (exact) mass is 434 g/mol. The number of aromatic nitrogens is 1. The molecule has 3 aromatic rings. The molecule has 0 unspecified atom stereocenters. The van der Waals surface area contributed by atoms with Gasteiger partial charge in [-0.2, -0.15) is 5.10 Å². The molecule has 1 N–H and O–H groups in total. The van der Waals surface area contributed by atoms with Gasteiger partial charge in [-0.3, -0.25) is 15.5 Å². The maximum atomic E-state index is 13.0. The summed E-state index contributed by atoms with van der Waals surface area (Å²) in [4.78, 5) is 13.9. The van der Waals surface area contributed by atoms with E-state index in [4.69, 9.17) is 27.9 Å². The van der Waals surface area contributed by atoms with Crippen molar-refractivity contribution in [3.63, 3.8) is 0 Å². The van der Waals surface area contributed by atoms with Crippen LogP contribution in [0.25, 0.3) is 0 Å². The molecule has 0 aliphatic rings. The number of nitrogens with one attached hydrogen (secondary N) is 1. The summed E-state index contributed by atoms with van der Waals surface area (Å²) in [5.41, 5.74) is 3.90. The Morgan fingerprint density at radius 1 is 1.17 bits per heavy atom.